The number of piperidine rings is 1. The van der Waals surface area contributed by atoms with E-state index in [0.717, 1.165) is 12.8 Å². The first-order valence-corrected chi connectivity index (χ1v) is 6.03. The monoisotopic (exact) mass is 248 g/mol. The van der Waals surface area contributed by atoms with Crippen LogP contribution >= 0.6 is 0 Å². The lowest BCUT2D eigenvalue weighted by Crippen LogP contribution is -2.48. The molecule has 0 radical (unpaired) electrons. The summed E-state index contributed by atoms with van der Waals surface area (Å²) in [6.45, 7) is 0.598. The second-order valence-electron chi connectivity index (χ2n) is 4.27. The Balaban J connectivity index is 2.19. The van der Waals surface area contributed by atoms with Gasteiger partial charge in [-0.05, 0) is 31.4 Å². The molecule has 5 nitrogen and oxygen atoms in total. The SMILES string of the molecule is COC(=O)C1CCCCN1C(=O)c1ccncc1. The molecule has 0 bridgehead atoms. The number of esters is 1. The van der Waals surface area contributed by atoms with E-state index >= 15 is 0 Å². The molecule has 1 atom stereocenters. The van der Waals surface area contributed by atoms with Crippen molar-refractivity contribution in [3.05, 3.63) is 30.1 Å². The molecule has 1 aliphatic heterocycles. The third-order valence-corrected chi connectivity index (χ3v) is 3.16. The Morgan fingerprint density at radius 3 is 2.72 bits per heavy atom. The van der Waals surface area contributed by atoms with Crippen molar-refractivity contribution < 1.29 is 14.3 Å². The molecule has 1 saturated heterocycles. The molecule has 1 aromatic heterocycles. The number of rotatable bonds is 2. The first-order valence-electron chi connectivity index (χ1n) is 6.03. The van der Waals surface area contributed by atoms with E-state index in [4.69, 9.17) is 4.74 Å². The highest BCUT2D eigenvalue weighted by Gasteiger charge is 2.33. The lowest BCUT2D eigenvalue weighted by atomic mass is 10.0. The predicted molar refractivity (Wildman–Crippen MR) is 64.9 cm³/mol. The number of likely N-dealkylation sites (tertiary alicyclic amines) is 1. The highest BCUT2D eigenvalue weighted by molar-refractivity contribution is 5.96. The van der Waals surface area contributed by atoms with Gasteiger partial charge in [-0.25, -0.2) is 4.79 Å². The normalized spacial score (nSPS) is 19.4. The summed E-state index contributed by atoms with van der Waals surface area (Å²) in [5.41, 5.74) is 0.556. The summed E-state index contributed by atoms with van der Waals surface area (Å²) >= 11 is 0. The molecule has 18 heavy (non-hydrogen) atoms. The lowest BCUT2D eigenvalue weighted by molar-refractivity contribution is -0.147. The van der Waals surface area contributed by atoms with Crippen LogP contribution in [0.5, 0.6) is 0 Å². The van der Waals surface area contributed by atoms with Gasteiger partial charge in [0.1, 0.15) is 6.04 Å². The number of hydrogen-bond donors (Lipinski definition) is 0. The molecule has 1 amide bonds. The van der Waals surface area contributed by atoms with Crippen molar-refractivity contribution >= 4 is 11.9 Å². The number of amides is 1. The molecule has 96 valence electrons. The number of hydrogen-bond acceptors (Lipinski definition) is 4. The summed E-state index contributed by atoms with van der Waals surface area (Å²) in [5.74, 6) is -0.468. The number of methoxy groups -OCH3 is 1. The van der Waals surface area contributed by atoms with Crippen molar-refractivity contribution in [2.24, 2.45) is 0 Å². The molecule has 5 heteroatoms. The molecule has 0 spiro atoms. The maximum atomic E-state index is 12.3. The van der Waals surface area contributed by atoms with E-state index in [1.165, 1.54) is 7.11 Å². The quantitative estimate of drug-likeness (QED) is 0.739. The number of aromatic nitrogens is 1. The smallest absolute Gasteiger partial charge is 0.328 e. The highest BCUT2D eigenvalue weighted by atomic mass is 16.5. The third kappa shape index (κ3) is 2.50. The molecular weight excluding hydrogens is 232 g/mol. The second kappa shape index (κ2) is 5.62. The number of carbonyl (C=O) groups excluding carboxylic acids is 2. The van der Waals surface area contributed by atoms with Crippen LogP contribution in [-0.4, -0.2) is 41.5 Å². The first-order chi connectivity index (χ1) is 8.74. The van der Waals surface area contributed by atoms with Crippen LogP contribution in [0.25, 0.3) is 0 Å². The average molecular weight is 248 g/mol. The predicted octanol–water partition coefficient (Wildman–Crippen LogP) is 1.25. The minimum atomic E-state index is -0.454. The fourth-order valence-corrected chi connectivity index (χ4v) is 2.22. The minimum Gasteiger partial charge on any atom is -0.467 e. The van der Waals surface area contributed by atoms with E-state index < -0.39 is 6.04 Å². The topological polar surface area (TPSA) is 59.5 Å². The van der Waals surface area contributed by atoms with Gasteiger partial charge < -0.3 is 9.64 Å². The lowest BCUT2D eigenvalue weighted by Gasteiger charge is -2.33. The maximum absolute atomic E-state index is 12.3. The van der Waals surface area contributed by atoms with Crippen molar-refractivity contribution in [3.63, 3.8) is 0 Å². The molecule has 2 rings (SSSR count). The van der Waals surface area contributed by atoms with Crippen LogP contribution in [0, 0.1) is 0 Å². The van der Waals surface area contributed by atoms with Gasteiger partial charge in [-0.3, -0.25) is 9.78 Å². The van der Waals surface area contributed by atoms with Gasteiger partial charge in [0, 0.05) is 24.5 Å². The van der Waals surface area contributed by atoms with Crippen molar-refractivity contribution in [3.8, 4) is 0 Å². The van der Waals surface area contributed by atoms with Crippen LogP contribution in [0.4, 0.5) is 0 Å². The van der Waals surface area contributed by atoms with E-state index in [0.29, 0.717) is 18.5 Å². The zero-order valence-corrected chi connectivity index (χ0v) is 10.3. The maximum Gasteiger partial charge on any atom is 0.328 e. The first kappa shape index (κ1) is 12.5. The van der Waals surface area contributed by atoms with Gasteiger partial charge in [0.2, 0.25) is 0 Å². The van der Waals surface area contributed by atoms with Crippen LogP contribution < -0.4 is 0 Å². The number of ether oxygens (including phenoxy) is 1. The van der Waals surface area contributed by atoms with E-state index in [1.807, 2.05) is 0 Å². The molecule has 1 aromatic rings. The Hall–Kier alpha value is -1.91. The van der Waals surface area contributed by atoms with Gasteiger partial charge in [-0.2, -0.15) is 0 Å². The molecule has 1 unspecified atom stereocenters. The minimum absolute atomic E-state index is 0.132. The zero-order chi connectivity index (χ0) is 13.0. The Morgan fingerprint density at radius 2 is 2.06 bits per heavy atom. The van der Waals surface area contributed by atoms with E-state index in [2.05, 4.69) is 4.98 Å². The van der Waals surface area contributed by atoms with Crippen LogP contribution in [0.3, 0.4) is 0 Å². The van der Waals surface area contributed by atoms with Gasteiger partial charge in [0.05, 0.1) is 7.11 Å². The van der Waals surface area contributed by atoms with Crippen LogP contribution in [0.2, 0.25) is 0 Å². The molecule has 0 N–H and O–H groups in total. The largest absolute Gasteiger partial charge is 0.467 e. The van der Waals surface area contributed by atoms with Crippen LogP contribution in [-0.2, 0) is 9.53 Å². The van der Waals surface area contributed by atoms with Crippen molar-refractivity contribution in [2.75, 3.05) is 13.7 Å². The van der Waals surface area contributed by atoms with E-state index in [1.54, 1.807) is 29.4 Å². The van der Waals surface area contributed by atoms with Crippen molar-refractivity contribution in [1.29, 1.82) is 0 Å². The fraction of sp³-hybridized carbons (Fsp3) is 0.462. The Kier molecular flexibility index (Phi) is 3.92. The average Bonchev–Trinajstić information content (AvgIpc) is 2.46. The molecule has 0 aliphatic carbocycles. The van der Waals surface area contributed by atoms with Gasteiger partial charge in [0.25, 0.3) is 5.91 Å². The van der Waals surface area contributed by atoms with Gasteiger partial charge in [-0.15, -0.1) is 0 Å². The Labute approximate surface area is 106 Å². The van der Waals surface area contributed by atoms with E-state index in [-0.39, 0.29) is 11.9 Å². The van der Waals surface area contributed by atoms with Crippen molar-refractivity contribution in [1.82, 2.24) is 9.88 Å². The highest BCUT2D eigenvalue weighted by Crippen LogP contribution is 2.20. The standard InChI is InChI=1S/C13H16N2O3/c1-18-13(17)11-4-2-3-9-15(11)12(16)10-5-7-14-8-6-10/h5-8,11H,2-4,9H2,1H3. The summed E-state index contributed by atoms with van der Waals surface area (Å²) in [4.78, 5) is 29.5. The summed E-state index contributed by atoms with van der Waals surface area (Å²) in [6, 6.07) is 2.86. The molecule has 1 fully saturated rings. The Bertz CT molecular complexity index is 433. The molecule has 1 aliphatic rings. The van der Waals surface area contributed by atoms with E-state index in [9.17, 15) is 9.59 Å². The second-order valence-corrected chi connectivity index (χ2v) is 4.27. The molecule has 0 saturated carbocycles. The molecule has 2 heterocycles. The number of nitrogens with zero attached hydrogens (tertiary/aromatic N) is 2. The third-order valence-electron chi connectivity index (χ3n) is 3.16. The Morgan fingerprint density at radius 1 is 1.33 bits per heavy atom. The number of carbonyl (C=O) groups is 2. The zero-order valence-electron chi connectivity index (χ0n) is 10.3. The summed E-state index contributed by atoms with van der Waals surface area (Å²) in [6.07, 6.45) is 5.68. The van der Waals surface area contributed by atoms with Crippen LogP contribution in [0.1, 0.15) is 29.6 Å². The molecular formula is C13H16N2O3. The summed E-state index contributed by atoms with van der Waals surface area (Å²) in [5, 5.41) is 0. The van der Waals surface area contributed by atoms with Gasteiger partial charge in [0.15, 0.2) is 0 Å². The fourth-order valence-electron chi connectivity index (χ4n) is 2.22. The summed E-state index contributed by atoms with van der Waals surface area (Å²) < 4.78 is 4.76. The van der Waals surface area contributed by atoms with Crippen LogP contribution in [0.15, 0.2) is 24.5 Å². The van der Waals surface area contributed by atoms with Crippen molar-refractivity contribution in [2.45, 2.75) is 25.3 Å². The van der Waals surface area contributed by atoms with Gasteiger partial charge >= 0.3 is 5.97 Å². The number of pyridine rings is 1. The summed E-state index contributed by atoms with van der Waals surface area (Å²) in [7, 11) is 1.35. The molecule has 0 aromatic carbocycles. The van der Waals surface area contributed by atoms with Gasteiger partial charge in [-0.1, -0.05) is 0 Å².